The van der Waals surface area contributed by atoms with Gasteiger partial charge < -0.3 is 9.72 Å². The van der Waals surface area contributed by atoms with E-state index in [1.165, 1.54) is 5.56 Å². The number of hydrogen-bond acceptors (Lipinski definition) is 3. The molecule has 19 heavy (non-hydrogen) atoms. The van der Waals surface area contributed by atoms with Crippen LogP contribution in [0.3, 0.4) is 0 Å². The zero-order valence-electron chi connectivity index (χ0n) is 11.1. The molecule has 0 unspecified atom stereocenters. The van der Waals surface area contributed by atoms with Crippen LogP contribution in [0.4, 0.5) is 0 Å². The van der Waals surface area contributed by atoms with Crippen molar-refractivity contribution in [2.75, 3.05) is 6.61 Å². The van der Waals surface area contributed by atoms with Crippen LogP contribution in [-0.4, -0.2) is 22.5 Å². The number of nitrogens with one attached hydrogen (secondary N) is 1. The number of aryl methyl sites for hydroxylation is 1. The fraction of sp³-hybridized carbons (Fsp3) is 0.333. The summed E-state index contributed by atoms with van der Waals surface area (Å²) in [6.07, 6.45) is 5.49. The minimum absolute atomic E-state index is 0.140. The summed E-state index contributed by atoms with van der Waals surface area (Å²) in [7, 11) is 0. The third-order valence-corrected chi connectivity index (χ3v) is 2.84. The van der Waals surface area contributed by atoms with Gasteiger partial charge in [-0.25, -0.2) is 4.98 Å². The van der Waals surface area contributed by atoms with Gasteiger partial charge in [0.2, 0.25) is 0 Å². The molecular weight excluding hydrogens is 240 g/mol. The molecule has 2 rings (SSSR count). The second-order valence-electron chi connectivity index (χ2n) is 4.34. The van der Waals surface area contributed by atoms with Gasteiger partial charge >= 0.3 is 5.97 Å². The largest absolute Gasteiger partial charge is 0.466 e. The van der Waals surface area contributed by atoms with Crippen molar-refractivity contribution in [1.82, 2.24) is 9.97 Å². The lowest BCUT2D eigenvalue weighted by atomic mass is 10.0. The molecule has 0 bridgehead atoms. The molecule has 0 aliphatic heterocycles. The fourth-order valence-corrected chi connectivity index (χ4v) is 1.96. The van der Waals surface area contributed by atoms with Crippen molar-refractivity contribution in [1.29, 1.82) is 0 Å². The molecule has 1 N–H and O–H groups in total. The number of hydrogen-bond donors (Lipinski definition) is 1. The average Bonchev–Trinajstić information content (AvgIpc) is 2.90. The first-order valence-corrected chi connectivity index (χ1v) is 6.49. The van der Waals surface area contributed by atoms with Gasteiger partial charge in [-0.15, -0.1) is 0 Å². The fourth-order valence-electron chi connectivity index (χ4n) is 1.96. The predicted molar refractivity (Wildman–Crippen MR) is 72.8 cm³/mol. The molecule has 0 spiro atoms. The highest BCUT2D eigenvalue weighted by Gasteiger charge is 2.04. The van der Waals surface area contributed by atoms with Crippen LogP contribution >= 0.6 is 0 Å². The first-order chi connectivity index (χ1) is 9.28. The lowest BCUT2D eigenvalue weighted by molar-refractivity contribution is -0.143. The highest BCUT2D eigenvalue weighted by Crippen LogP contribution is 2.11. The molecule has 0 fully saturated rings. The van der Waals surface area contributed by atoms with E-state index in [1.807, 2.05) is 25.3 Å². The Bertz CT molecular complexity index is 521. The van der Waals surface area contributed by atoms with Crippen LogP contribution in [0.25, 0.3) is 0 Å². The Kier molecular flexibility index (Phi) is 4.72. The van der Waals surface area contributed by atoms with Crippen LogP contribution in [0.15, 0.2) is 36.7 Å². The van der Waals surface area contributed by atoms with Crippen molar-refractivity contribution < 1.29 is 9.53 Å². The maximum absolute atomic E-state index is 11.3. The molecule has 0 aliphatic rings. The number of imidazole rings is 1. The van der Waals surface area contributed by atoms with Gasteiger partial charge in [-0.2, -0.15) is 0 Å². The number of benzene rings is 1. The second-order valence-corrected chi connectivity index (χ2v) is 4.34. The molecule has 100 valence electrons. The zero-order valence-corrected chi connectivity index (χ0v) is 11.1. The maximum atomic E-state index is 11.3. The number of ether oxygens (including phenoxy) is 1. The maximum Gasteiger partial charge on any atom is 0.306 e. The first kappa shape index (κ1) is 13.3. The number of carbonyl (C=O) groups excluding carboxylic acids is 1. The van der Waals surface area contributed by atoms with Crippen LogP contribution in [0.1, 0.15) is 30.3 Å². The Balaban J connectivity index is 1.93. The molecule has 4 nitrogen and oxygen atoms in total. The van der Waals surface area contributed by atoms with Crippen LogP contribution in [0.5, 0.6) is 0 Å². The van der Waals surface area contributed by atoms with Gasteiger partial charge in [0.15, 0.2) is 0 Å². The van der Waals surface area contributed by atoms with Crippen LogP contribution in [-0.2, 0) is 22.4 Å². The smallest absolute Gasteiger partial charge is 0.306 e. The van der Waals surface area contributed by atoms with E-state index in [-0.39, 0.29) is 5.97 Å². The Labute approximate surface area is 112 Å². The van der Waals surface area contributed by atoms with E-state index in [1.54, 1.807) is 6.20 Å². The summed E-state index contributed by atoms with van der Waals surface area (Å²) in [5.41, 5.74) is 2.34. The molecule has 4 heteroatoms. The zero-order chi connectivity index (χ0) is 13.5. The molecule has 0 radical (unpaired) electrons. The van der Waals surface area contributed by atoms with E-state index in [9.17, 15) is 4.79 Å². The summed E-state index contributed by atoms with van der Waals surface area (Å²) >= 11 is 0. The van der Waals surface area contributed by atoms with Crippen molar-refractivity contribution >= 4 is 5.97 Å². The molecule has 1 heterocycles. The summed E-state index contributed by atoms with van der Waals surface area (Å²) in [5, 5.41) is 0. The highest BCUT2D eigenvalue weighted by atomic mass is 16.5. The normalized spacial score (nSPS) is 10.4. The number of carbonyl (C=O) groups is 1. The molecule has 0 amide bonds. The number of aromatic amines is 1. The van der Waals surface area contributed by atoms with Gasteiger partial charge in [-0.1, -0.05) is 24.3 Å². The Morgan fingerprint density at radius 1 is 1.37 bits per heavy atom. The lowest BCUT2D eigenvalue weighted by Gasteiger charge is -2.04. The summed E-state index contributed by atoms with van der Waals surface area (Å²) in [6, 6.07) is 8.22. The van der Waals surface area contributed by atoms with E-state index >= 15 is 0 Å². The van der Waals surface area contributed by atoms with Gasteiger partial charge in [0.25, 0.3) is 0 Å². The average molecular weight is 258 g/mol. The van der Waals surface area contributed by atoms with Crippen molar-refractivity contribution in [2.45, 2.75) is 26.2 Å². The standard InChI is InChI=1S/C15H18N2O2/c1-2-19-15(18)7-6-12-4-3-5-13(10-12)11-14-16-8-9-17-14/h3-5,8-10H,2,6-7,11H2,1H3,(H,16,17). The minimum atomic E-state index is -0.140. The van der Waals surface area contributed by atoms with Gasteiger partial charge in [0.05, 0.1) is 6.61 Å². The number of H-pyrrole nitrogens is 1. The molecule has 0 atom stereocenters. The second kappa shape index (κ2) is 6.73. The number of aromatic nitrogens is 2. The van der Waals surface area contributed by atoms with Crippen molar-refractivity contribution in [3.05, 3.63) is 53.6 Å². The molecule has 0 saturated heterocycles. The van der Waals surface area contributed by atoms with E-state index in [2.05, 4.69) is 22.1 Å². The summed E-state index contributed by atoms with van der Waals surface area (Å²) < 4.78 is 4.93. The number of nitrogens with zero attached hydrogens (tertiary/aromatic N) is 1. The lowest BCUT2D eigenvalue weighted by Crippen LogP contribution is -2.05. The Morgan fingerprint density at radius 3 is 2.95 bits per heavy atom. The molecule has 1 aromatic carbocycles. The van der Waals surface area contributed by atoms with E-state index in [4.69, 9.17) is 4.74 Å². The highest BCUT2D eigenvalue weighted by molar-refractivity contribution is 5.69. The molecular formula is C15H18N2O2. The van der Waals surface area contributed by atoms with Crippen LogP contribution in [0, 0.1) is 0 Å². The Hall–Kier alpha value is -2.10. The van der Waals surface area contributed by atoms with E-state index < -0.39 is 0 Å². The van der Waals surface area contributed by atoms with Crippen molar-refractivity contribution in [2.24, 2.45) is 0 Å². The van der Waals surface area contributed by atoms with E-state index in [0.29, 0.717) is 19.4 Å². The van der Waals surface area contributed by atoms with Gasteiger partial charge in [0, 0.05) is 25.2 Å². The monoisotopic (exact) mass is 258 g/mol. The molecule has 0 saturated carbocycles. The Morgan fingerprint density at radius 2 is 2.21 bits per heavy atom. The minimum Gasteiger partial charge on any atom is -0.466 e. The topological polar surface area (TPSA) is 55.0 Å². The van der Waals surface area contributed by atoms with Crippen LogP contribution < -0.4 is 0 Å². The van der Waals surface area contributed by atoms with E-state index in [0.717, 1.165) is 17.8 Å². The SMILES string of the molecule is CCOC(=O)CCc1cccc(Cc2ncc[nH]2)c1. The van der Waals surface area contributed by atoms with Gasteiger partial charge in [0.1, 0.15) is 5.82 Å². The third-order valence-electron chi connectivity index (χ3n) is 2.84. The first-order valence-electron chi connectivity index (χ1n) is 6.49. The molecule has 2 aromatic rings. The number of esters is 1. The van der Waals surface area contributed by atoms with Crippen molar-refractivity contribution in [3.63, 3.8) is 0 Å². The number of rotatable bonds is 6. The summed E-state index contributed by atoms with van der Waals surface area (Å²) in [4.78, 5) is 18.6. The summed E-state index contributed by atoms with van der Waals surface area (Å²) in [6.45, 7) is 2.26. The molecule has 1 aromatic heterocycles. The molecule has 0 aliphatic carbocycles. The van der Waals surface area contributed by atoms with Gasteiger partial charge in [-0.3, -0.25) is 4.79 Å². The van der Waals surface area contributed by atoms with Crippen LogP contribution in [0.2, 0.25) is 0 Å². The predicted octanol–water partition coefficient (Wildman–Crippen LogP) is 2.50. The van der Waals surface area contributed by atoms with Gasteiger partial charge in [-0.05, 0) is 24.5 Å². The quantitative estimate of drug-likeness (QED) is 0.810. The van der Waals surface area contributed by atoms with Crippen molar-refractivity contribution in [3.8, 4) is 0 Å². The summed E-state index contributed by atoms with van der Waals surface area (Å²) in [5.74, 6) is 0.807. The third kappa shape index (κ3) is 4.25.